The second-order valence-corrected chi connectivity index (χ2v) is 7.61. The van der Waals surface area contributed by atoms with Crippen molar-refractivity contribution >= 4 is 0 Å². The van der Waals surface area contributed by atoms with E-state index in [9.17, 15) is 0 Å². The Kier molecular flexibility index (Phi) is 10.9. The first-order chi connectivity index (χ1) is 12.8. The molecule has 1 fully saturated rings. The number of aliphatic hydroxyl groups excluding tert-OH is 1. The van der Waals surface area contributed by atoms with Crippen LogP contribution in [0.15, 0.2) is 30.3 Å². The van der Waals surface area contributed by atoms with Crippen molar-refractivity contribution in [2.45, 2.75) is 95.9 Å². The quantitative estimate of drug-likeness (QED) is 0.321. The van der Waals surface area contributed by atoms with E-state index in [1.165, 1.54) is 44.1 Å². The van der Waals surface area contributed by atoms with Crippen LogP contribution in [0.3, 0.4) is 0 Å². The van der Waals surface area contributed by atoms with Gasteiger partial charge in [-0.25, -0.2) is 0 Å². The van der Waals surface area contributed by atoms with Gasteiger partial charge in [-0.15, -0.1) is 0 Å². The van der Waals surface area contributed by atoms with Gasteiger partial charge in [0, 0.05) is 13.2 Å². The van der Waals surface area contributed by atoms with Gasteiger partial charge in [-0.2, -0.15) is 0 Å². The van der Waals surface area contributed by atoms with Crippen LogP contribution in [0.4, 0.5) is 0 Å². The molecule has 0 aliphatic carbocycles. The van der Waals surface area contributed by atoms with Gasteiger partial charge in [-0.05, 0) is 44.1 Å². The fraction of sp³-hybridized carbons (Fsp3) is 0.739. The first-order valence-electron chi connectivity index (χ1n) is 10.7. The molecule has 0 bridgehead atoms. The van der Waals surface area contributed by atoms with E-state index in [2.05, 4.69) is 37.3 Å². The zero-order valence-electron chi connectivity index (χ0n) is 16.6. The summed E-state index contributed by atoms with van der Waals surface area (Å²) in [6.07, 6.45) is 13.8. The largest absolute Gasteiger partial charge is 0.396 e. The number of epoxide rings is 1. The highest BCUT2D eigenvalue weighted by molar-refractivity contribution is 5.15. The third kappa shape index (κ3) is 9.16. The molecule has 1 aliphatic rings. The average molecular weight is 363 g/mol. The van der Waals surface area contributed by atoms with Crippen LogP contribution in [0, 0.1) is 0 Å². The van der Waals surface area contributed by atoms with Crippen LogP contribution >= 0.6 is 0 Å². The Labute approximate surface area is 160 Å². The first-order valence-corrected chi connectivity index (χ1v) is 10.7. The Bertz CT molecular complexity index is 448. The minimum Gasteiger partial charge on any atom is -0.396 e. The third-order valence-electron chi connectivity index (χ3n) is 5.27. The number of aliphatic hydroxyl groups is 1. The molecule has 0 aromatic heterocycles. The molecule has 3 nitrogen and oxygen atoms in total. The zero-order chi connectivity index (χ0) is 18.5. The molecule has 1 aliphatic heterocycles. The normalized spacial score (nSPS) is 20.2. The molecule has 0 spiro atoms. The summed E-state index contributed by atoms with van der Waals surface area (Å²) in [6.45, 7) is 3.41. The van der Waals surface area contributed by atoms with Gasteiger partial charge < -0.3 is 14.6 Å². The van der Waals surface area contributed by atoms with Crippen molar-refractivity contribution < 1.29 is 14.6 Å². The summed E-state index contributed by atoms with van der Waals surface area (Å²) in [5.41, 5.74) is 1.36. The molecule has 1 heterocycles. The van der Waals surface area contributed by atoms with E-state index >= 15 is 0 Å². The van der Waals surface area contributed by atoms with Crippen LogP contribution < -0.4 is 0 Å². The standard InChI is InChI=1S/C23H38O3/c1-2-3-4-5-6-10-18-25-21(19-20-12-8-7-9-13-20)15-16-23-22(26-23)14-11-17-24/h7-9,12-13,21-24H,2-6,10-11,14-19H2,1H3. The molecule has 0 saturated carbocycles. The summed E-state index contributed by atoms with van der Waals surface area (Å²) in [6, 6.07) is 10.7. The average Bonchev–Trinajstić information content (AvgIpc) is 3.42. The topological polar surface area (TPSA) is 42.0 Å². The fourth-order valence-electron chi connectivity index (χ4n) is 3.58. The highest BCUT2D eigenvalue weighted by Gasteiger charge is 2.37. The van der Waals surface area contributed by atoms with Crippen LogP contribution in [-0.2, 0) is 15.9 Å². The molecule has 1 saturated heterocycles. The highest BCUT2D eigenvalue weighted by Crippen LogP contribution is 2.31. The summed E-state index contributed by atoms with van der Waals surface area (Å²) < 4.78 is 12.0. The van der Waals surface area contributed by atoms with Gasteiger partial charge in [0.05, 0.1) is 18.3 Å². The van der Waals surface area contributed by atoms with Gasteiger partial charge in [-0.3, -0.25) is 0 Å². The maximum atomic E-state index is 8.92. The Hall–Kier alpha value is -0.900. The van der Waals surface area contributed by atoms with Crippen molar-refractivity contribution in [2.75, 3.05) is 13.2 Å². The van der Waals surface area contributed by atoms with Gasteiger partial charge in [0.2, 0.25) is 0 Å². The number of hydrogen-bond donors (Lipinski definition) is 1. The molecular weight excluding hydrogens is 324 g/mol. The minimum atomic E-state index is 0.268. The van der Waals surface area contributed by atoms with Gasteiger partial charge in [-0.1, -0.05) is 69.4 Å². The van der Waals surface area contributed by atoms with E-state index in [4.69, 9.17) is 14.6 Å². The second kappa shape index (κ2) is 13.3. The lowest BCUT2D eigenvalue weighted by atomic mass is 10.0. The number of benzene rings is 1. The number of unbranched alkanes of at least 4 members (excludes halogenated alkanes) is 5. The highest BCUT2D eigenvalue weighted by atomic mass is 16.6. The lowest BCUT2D eigenvalue weighted by molar-refractivity contribution is 0.0424. The van der Waals surface area contributed by atoms with Crippen LogP contribution in [0.2, 0.25) is 0 Å². The van der Waals surface area contributed by atoms with Crippen molar-refractivity contribution in [3.63, 3.8) is 0 Å². The van der Waals surface area contributed by atoms with E-state index in [1.807, 2.05) is 0 Å². The first kappa shape index (κ1) is 21.4. The monoisotopic (exact) mass is 362 g/mol. The van der Waals surface area contributed by atoms with Crippen LogP contribution in [-0.4, -0.2) is 36.6 Å². The number of hydrogen-bond acceptors (Lipinski definition) is 3. The summed E-state index contributed by atoms with van der Waals surface area (Å²) in [5, 5.41) is 8.92. The van der Waals surface area contributed by atoms with Gasteiger partial charge in [0.1, 0.15) is 0 Å². The molecule has 3 atom stereocenters. The molecule has 3 heteroatoms. The van der Waals surface area contributed by atoms with Crippen molar-refractivity contribution in [1.82, 2.24) is 0 Å². The van der Waals surface area contributed by atoms with Crippen molar-refractivity contribution in [1.29, 1.82) is 0 Å². The van der Waals surface area contributed by atoms with E-state index in [0.717, 1.165) is 38.7 Å². The van der Waals surface area contributed by atoms with Crippen LogP contribution in [0.1, 0.15) is 76.7 Å². The second-order valence-electron chi connectivity index (χ2n) is 7.61. The molecule has 26 heavy (non-hydrogen) atoms. The van der Waals surface area contributed by atoms with Gasteiger partial charge >= 0.3 is 0 Å². The zero-order valence-corrected chi connectivity index (χ0v) is 16.6. The van der Waals surface area contributed by atoms with Gasteiger partial charge in [0.25, 0.3) is 0 Å². The lowest BCUT2D eigenvalue weighted by Gasteiger charge is -2.18. The van der Waals surface area contributed by atoms with Crippen molar-refractivity contribution in [3.05, 3.63) is 35.9 Å². The van der Waals surface area contributed by atoms with E-state index in [1.54, 1.807) is 0 Å². The molecule has 0 radical (unpaired) electrons. The maximum Gasteiger partial charge on any atom is 0.0842 e. The number of rotatable bonds is 16. The molecule has 2 rings (SSSR count). The van der Waals surface area contributed by atoms with Crippen molar-refractivity contribution in [3.8, 4) is 0 Å². The summed E-state index contributed by atoms with van der Waals surface area (Å²) in [5.74, 6) is 0. The molecule has 1 aromatic carbocycles. The Morgan fingerprint density at radius 2 is 1.69 bits per heavy atom. The summed E-state index contributed by atoms with van der Waals surface area (Å²) in [4.78, 5) is 0. The van der Waals surface area contributed by atoms with Crippen LogP contribution in [0.5, 0.6) is 0 Å². The predicted molar refractivity (Wildman–Crippen MR) is 107 cm³/mol. The molecular formula is C23H38O3. The number of ether oxygens (including phenoxy) is 2. The van der Waals surface area contributed by atoms with Crippen LogP contribution in [0.25, 0.3) is 0 Å². The summed E-state index contributed by atoms with van der Waals surface area (Å²) >= 11 is 0. The molecule has 1 aromatic rings. The molecule has 1 N–H and O–H groups in total. The third-order valence-corrected chi connectivity index (χ3v) is 5.27. The Balaban J connectivity index is 1.66. The smallest absolute Gasteiger partial charge is 0.0842 e. The van der Waals surface area contributed by atoms with E-state index in [0.29, 0.717) is 12.2 Å². The molecule has 3 unspecified atom stereocenters. The predicted octanol–water partition coefficient (Wildman–Crippen LogP) is 5.29. The summed E-state index contributed by atoms with van der Waals surface area (Å²) in [7, 11) is 0. The Morgan fingerprint density at radius 3 is 2.46 bits per heavy atom. The fourth-order valence-corrected chi connectivity index (χ4v) is 3.58. The van der Waals surface area contributed by atoms with E-state index < -0.39 is 0 Å². The van der Waals surface area contributed by atoms with E-state index in [-0.39, 0.29) is 12.7 Å². The molecule has 148 valence electrons. The SMILES string of the molecule is CCCCCCCCOC(CCC1OC1CCCO)Cc1ccccc1. The lowest BCUT2D eigenvalue weighted by Crippen LogP contribution is -2.18. The molecule has 0 amide bonds. The van der Waals surface area contributed by atoms with Gasteiger partial charge in [0.15, 0.2) is 0 Å². The minimum absolute atomic E-state index is 0.268. The maximum absolute atomic E-state index is 8.92. The Morgan fingerprint density at radius 1 is 0.962 bits per heavy atom. The van der Waals surface area contributed by atoms with Crippen molar-refractivity contribution in [2.24, 2.45) is 0 Å².